The third kappa shape index (κ3) is 3.64. The van der Waals surface area contributed by atoms with Crippen LogP contribution in [-0.2, 0) is 16.1 Å². The van der Waals surface area contributed by atoms with E-state index in [1.165, 1.54) is 0 Å². The van der Waals surface area contributed by atoms with Crippen LogP contribution in [-0.4, -0.2) is 27.4 Å². The van der Waals surface area contributed by atoms with Crippen LogP contribution >= 0.6 is 0 Å². The first-order chi connectivity index (χ1) is 11.6. The second kappa shape index (κ2) is 7.29. The van der Waals surface area contributed by atoms with Gasteiger partial charge in [0.1, 0.15) is 11.9 Å². The van der Waals surface area contributed by atoms with Gasteiger partial charge in [0.2, 0.25) is 11.8 Å². The van der Waals surface area contributed by atoms with Gasteiger partial charge in [-0.1, -0.05) is 24.6 Å². The molecule has 2 amide bonds. The number of aryl methyl sites for hydroxylation is 1. The number of amides is 2. The molecule has 0 spiro atoms. The first-order valence-electron chi connectivity index (χ1n) is 8.30. The van der Waals surface area contributed by atoms with E-state index in [0.717, 1.165) is 29.9 Å². The average molecular weight is 326 g/mol. The van der Waals surface area contributed by atoms with Crippen LogP contribution in [0.5, 0.6) is 0 Å². The highest BCUT2D eigenvalue weighted by Crippen LogP contribution is 2.16. The normalized spacial score (nSPS) is 17.9. The molecule has 1 saturated heterocycles. The molecule has 6 heteroatoms. The highest BCUT2D eigenvalue weighted by Gasteiger charge is 2.22. The number of rotatable bonds is 4. The lowest BCUT2D eigenvalue weighted by Crippen LogP contribution is -2.45. The number of nitrogens with one attached hydrogen (secondary N) is 2. The molecule has 1 fully saturated rings. The van der Waals surface area contributed by atoms with E-state index in [-0.39, 0.29) is 11.8 Å². The molecule has 2 heterocycles. The van der Waals surface area contributed by atoms with Crippen LogP contribution in [0.15, 0.2) is 36.7 Å². The van der Waals surface area contributed by atoms with Crippen LogP contribution in [0, 0.1) is 6.92 Å². The van der Waals surface area contributed by atoms with Crippen LogP contribution in [0.4, 0.5) is 0 Å². The van der Waals surface area contributed by atoms with Gasteiger partial charge in [-0.05, 0) is 31.4 Å². The zero-order chi connectivity index (χ0) is 16.9. The van der Waals surface area contributed by atoms with E-state index >= 15 is 0 Å². The van der Waals surface area contributed by atoms with Gasteiger partial charge in [0.15, 0.2) is 0 Å². The molecule has 1 aromatic heterocycles. The van der Waals surface area contributed by atoms with Crippen molar-refractivity contribution in [2.75, 3.05) is 0 Å². The number of carbonyl (C=O) groups excluding carboxylic acids is 2. The van der Waals surface area contributed by atoms with Gasteiger partial charge in [0.05, 0.1) is 5.69 Å². The van der Waals surface area contributed by atoms with E-state index in [1.54, 1.807) is 6.20 Å². The molecule has 0 saturated carbocycles. The summed E-state index contributed by atoms with van der Waals surface area (Å²) in [6, 6.07) is 7.47. The molecule has 0 radical (unpaired) electrons. The summed E-state index contributed by atoms with van der Waals surface area (Å²) in [7, 11) is 0. The van der Waals surface area contributed by atoms with Crippen molar-refractivity contribution in [1.82, 2.24) is 20.2 Å². The maximum absolute atomic E-state index is 12.4. The highest BCUT2D eigenvalue weighted by atomic mass is 16.2. The Labute approximate surface area is 141 Å². The summed E-state index contributed by atoms with van der Waals surface area (Å²) in [5.74, 6) is 0.731. The summed E-state index contributed by atoms with van der Waals surface area (Å²) in [5.41, 5.74) is 2.00. The molecule has 3 rings (SSSR count). The summed E-state index contributed by atoms with van der Waals surface area (Å²) >= 11 is 0. The summed E-state index contributed by atoms with van der Waals surface area (Å²) < 4.78 is 1.99. The van der Waals surface area contributed by atoms with Crippen molar-refractivity contribution >= 4 is 11.8 Å². The quantitative estimate of drug-likeness (QED) is 0.900. The number of para-hydroxylation sites is 1. The Morgan fingerprint density at radius 1 is 1.38 bits per heavy atom. The minimum Gasteiger partial charge on any atom is -0.350 e. The predicted octanol–water partition coefficient (Wildman–Crippen LogP) is 1.86. The molecule has 0 bridgehead atoms. The molecule has 2 N–H and O–H groups in total. The molecular formula is C18H22N4O2. The minimum absolute atomic E-state index is 0.0397. The van der Waals surface area contributed by atoms with Crippen molar-refractivity contribution in [2.45, 2.75) is 45.2 Å². The first-order valence-corrected chi connectivity index (χ1v) is 8.30. The second-order valence-corrected chi connectivity index (χ2v) is 6.06. The van der Waals surface area contributed by atoms with Crippen molar-refractivity contribution in [3.63, 3.8) is 0 Å². The van der Waals surface area contributed by atoms with Crippen LogP contribution in [0.3, 0.4) is 0 Å². The Kier molecular flexibility index (Phi) is 4.93. The van der Waals surface area contributed by atoms with Crippen molar-refractivity contribution in [2.24, 2.45) is 0 Å². The molecule has 24 heavy (non-hydrogen) atoms. The molecule has 0 aliphatic carbocycles. The standard InChI is InChI=1S/C18H22N4O2/c1-13-19-10-11-22(13)16-8-4-2-6-14(16)12-20-18(24)15-7-3-5-9-17(23)21-15/h2,4,6,8,10-11,15H,3,5,7,9,12H2,1H3,(H,20,24)(H,21,23)/t15-/m1/s1. The van der Waals surface area contributed by atoms with Gasteiger partial charge >= 0.3 is 0 Å². The van der Waals surface area contributed by atoms with E-state index in [9.17, 15) is 9.59 Å². The maximum atomic E-state index is 12.4. The maximum Gasteiger partial charge on any atom is 0.242 e. The lowest BCUT2D eigenvalue weighted by atomic mass is 10.1. The molecule has 2 aromatic rings. The summed E-state index contributed by atoms with van der Waals surface area (Å²) in [5, 5.41) is 5.75. The number of carbonyl (C=O) groups is 2. The van der Waals surface area contributed by atoms with Gasteiger partial charge in [-0.15, -0.1) is 0 Å². The summed E-state index contributed by atoms with van der Waals surface area (Å²) in [6.45, 7) is 2.36. The smallest absolute Gasteiger partial charge is 0.242 e. The van der Waals surface area contributed by atoms with Gasteiger partial charge in [0, 0.05) is 25.4 Å². The largest absolute Gasteiger partial charge is 0.350 e. The van der Waals surface area contributed by atoms with E-state index < -0.39 is 6.04 Å². The fourth-order valence-electron chi connectivity index (χ4n) is 3.00. The Morgan fingerprint density at radius 2 is 2.21 bits per heavy atom. The zero-order valence-electron chi connectivity index (χ0n) is 13.8. The van der Waals surface area contributed by atoms with Crippen LogP contribution in [0.2, 0.25) is 0 Å². The molecule has 1 aliphatic heterocycles. The van der Waals surface area contributed by atoms with Gasteiger partial charge in [-0.3, -0.25) is 9.59 Å². The van der Waals surface area contributed by atoms with Crippen molar-refractivity contribution in [1.29, 1.82) is 0 Å². The Balaban J connectivity index is 1.70. The summed E-state index contributed by atoms with van der Waals surface area (Å²) in [4.78, 5) is 28.3. The molecule has 1 aliphatic rings. The number of aromatic nitrogens is 2. The van der Waals surface area contributed by atoms with Gasteiger partial charge in [-0.25, -0.2) is 4.98 Å². The van der Waals surface area contributed by atoms with E-state index in [2.05, 4.69) is 15.6 Å². The van der Waals surface area contributed by atoms with Crippen molar-refractivity contribution in [3.05, 3.63) is 48.0 Å². The SMILES string of the molecule is Cc1nccn1-c1ccccc1CNC(=O)[C@H]1CCCCC(=O)N1. The van der Waals surface area contributed by atoms with Crippen LogP contribution in [0.1, 0.15) is 37.1 Å². The molecule has 1 aromatic carbocycles. The molecule has 1 atom stereocenters. The van der Waals surface area contributed by atoms with Crippen molar-refractivity contribution < 1.29 is 9.59 Å². The average Bonchev–Trinajstić information content (AvgIpc) is 2.88. The molecule has 126 valence electrons. The third-order valence-corrected chi connectivity index (χ3v) is 4.33. The molecular weight excluding hydrogens is 304 g/mol. The summed E-state index contributed by atoms with van der Waals surface area (Å²) in [6.07, 6.45) is 6.60. The monoisotopic (exact) mass is 326 g/mol. The van der Waals surface area contributed by atoms with Gasteiger partial charge in [0.25, 0.3) is 0 Å². The number of imidazole rings is 1. The fourth-order valence-corrected chi connectivity index (χ4v) is 3.00. The molecule has 6 nitrogen and oxygen atoms in total. The second-order valence-electron chi connectivity index (χ2n) is 6.06. The Hall–Kier alpha value is -2.63. The third-order valence-electron chi connectivity index (χ3n) is 4.33. The predicted molar refractivity (Wildman–Crippen MR) is 90.5 cm³/mol. The fraction of sp³-hybridized carbons (Fsp3) is 0.389. The lowest BCUT2D eigenvalue weighted by Gasteiger charge is -2.17. The topological polar surface area (TPSA) is 76.0 Å². The van der Waals surface area contributed by atoms with Crippen LogP contribution in [0.25, 0.3) is 5.69 Å². The van der Waals surface area contributed by atoms with E-state index in [1.807, 2.05) is 42.0 Å². The first kappa shape index (κ1) is 16.2. The van der Waals surface area contributed by atoms with Gasteiger partial charge in [-0.2, -0.15) is 0 Å². The zero-order valence-corrected chi connectivity index (χ0v) is 13.8. The lowest BCUT2D eigenvalue weighted by molar-refractivity contribution is -0.128. The number of hydrogen-bond acceptors (Lipinski definition) is 3. The number of benzene rings is 1. The highest BCUT2D eigenvalue weighted by molar-refractivity contribution is 5.87. The van der Waals surface area contributed by atoms with Crippen molar-refractivity contribution in [3.8, 4) is 5.69 Å². The number of nitrogens with zero attached hydrogens (tertiary/aromatic N) is 2. The van der Waals surface area contributed by atoms with E-state index in [4.69, 9.17) is 0 Å². The number of hydrogen-bond donors (Lipinski definition) is 2. The molecule has 0 unspecified atom stereocenters. The van der Waals surface area contributed by atoms with Crippen LogP contribution < -0.4 is 10.6 Å². The Morgan fingerprint density at radius 3 is 3.00 bits per heavy atom. The Bertz CT molecular complexity index is 738. The van der Waals surface area contributed by atoms with Gasteiger partial charge < -0.3 is 15.2 Å². The van der Waals surface area contributed by atoms with E-state index in [0.29, 0.717) is 19.4 Å². The minimum atomic E-state index is -0.429.